The first-order valence-electron chi connectivity index (χ1n) is 10.5. The highest BCUT2D eigenvalue weighted by Crippen LogP contribution is 2.35. The number of hydrogen-bond acceptors (Lipinski definition) is 1. The number of allylic oxidation sites excluding steroid dienone is 5. The molecule has 0 radical (unpaired) electrons. The third-order valence-corrected chi connectivity index (χ3v) is 5.32. The van der Waals surface area contributed by atoms with E-state index in [1.165, 1.54) is 31.2 Å². The van der Waals surface area contributed by atoms with Crippen LogP contribution < -0.4 is 0 Å². The molecular weight excluding hydrogens is 332 g/mol. The van der Waals surface area contributed by atoms with E-state index < -0.39 is 5.97 Å². The van der Waals surface area contributed by atoms with Gasteiger partial charge in [-0.25, -0.2) is 0 Å². The topological polar surface area (TPSA) is 37.3 Å². The van der Waals surface area contributed by atoms with Gasteiger partial charge in [-0.3, -0.25) is 4.79 Å². The molecule has 1 unspecified atom stereocenters. The number of hydrogen-bond donors (Lipinski definition) is 1. The number of rotatable bonds is 12. The lowest BCUT2D eigenvalue weighted by molar-refractivity contribution is -0.137. The van der Waals surface area contributed by atoms with Crippen LogP contribution in [-0.4, -0.2) is 11.1 Å². The molecule has 0 saturated heterocycles. The molecule has 1 fully saturated rings. The first-order valence-corrected chi connectivity index (χ1v) is 10.5. The second-order valence-corrected chi connectivity index (χ2v) is 7.52. The Kier molecular flexibility index (Phi) is 10.3. The first-order chi connectivity index (χ1) is 13.3. The molecule has 0 amide bonds. The summed E-state index contributed by atoms with van der Waals surface area (Å²) in [5, 5.41) is 8.64. The fraction of sp³-hybridized carbons (Fsp3) is 0.480. The molecule has 2 atom stereocenters. The van der Waals surface area contributed by atoms with Crippen molar-refractivity contribution in [1.82, 2.24) is 0 Å². The summed E-state index contributed by atoms with van der Waals surface area (Å²) in [5.41, 5.74) is 1.28. The first kappa shape index (κ1) is 21.2. The summed E-state index contributed by atoms with van der Waals surface area (Å²) in [4.78, 5) is 10.5. The normalized spacial score (nSPS) is 20.3. The fourth-order valence-electron chi connectivity index (χ4n) is 3.78. The molecule has 1 N–H and O–H groups in total. The lowest BCUT2D eigenvalue weighted by atomic mass is 9.92. The zero-order valence-corrected chi connectivity index (χ0v) is 16.4. The molecule has 2 heteroatoms. The quantitative estimate of drug-likeness (QED) is 0.318. The van der Waals surface area contributed by atoms with Crippen molar-refractivity contribution in [3.05, 3.63) is 66.3 Å². The molecule has 0 bridgehead atoms. The second kappa shape index (κ2) is 13.1. The van der Waals surface area contributed by atoms with Gasteiger partial charge in [0.2, 0.25) is 0 Å². The van der Waals surface area contributed by atoms with E-state index in [9.17, 15) is 4.79 Å². The maximum Gasteiger partial charge on any atom is 0.303 e. The number of unbranched alkanes of at least 4 members (excludes halogenated alkanes) is 3. The lowest BCUT2D eigenvalue weighted by Gasteiger charge is -2.13. The smallest absolute Gasteiger partial charge is 0.303 e. The Morgan fingerprint density at radius 2 is 1.74 bits per heavy atom. The predicted octanol–water partition coefficient (Wildman–Crippen LogP) is 7.04. The van der Waals surface area contributed by atoms with E-state index in [0.29, 0.717) is 0 Å². The maximum atomic E-state index is 10.5. The van der Waals surface area contributed by atoms with Crippen molar-refractivity contribution < 1.29 is 9.90 Å². The van der Waals surface area contributed by atoms with Crippen molar-refractivity contribution in [3.8, 4) is 0 Å². The van der Waals surface area contributed by atoms with Crippen LogP contribution in [0.2, 0.25) is 0 Å². The van der Waals surface area contributed by atoms with Gasteiger partial charge >= 0.3 is 5.97 Å². The van der Waals surface area contributed by atoms with Crippen LogP contribution in [0.1, 0.15) is 69.8 Å². The molecule has 27 heavy (non-hydrogen) atoms. The second-order valence-electron chi connectivity index (χ2n) is 7.52. The fourth-order valence-corrected chi connectivity index (χ4v) is 3.78. The molecular formula is C25H34O2. The molecule has 2 nitrogen and oxygen atoms in total. The highest BCUT2D eigenvalue weighted by atomic mass is 16.4. The van der Waals surface area contributed by atoms with Gasteiger partial charge in [-0.15, -0.1) is 0 Å². The van der Waals surface area contributed by atoms with Crippen LogP contribution in [0.4, 0.5) is 0 Å². The van der Waals surface area contributed by atoms with Crippen molar-refractivity contribution in [3.63, 3.8) is 0 Å². The van der Waals surface area contributed by atoms with E-state index in [1.54, 1.807) is 0 Å². The van der Waals surface area contributed by atoms with Gasteiger partial charge < -0.3 is 5.11 Å². The van der Waals surface area contributed by atoms with Crippen LogP contribution in [0.25, 0.3) is 6.08 Å². The third kappa shape index (κ3) is 9.42. The minimum Gasteiger partial charge on any atom is -0.481 e. The molecule has 2 rings (SSSR count). The van der Waals surface area contributed by atoms with Gasteiger partial charge in [0.25, 0.3) is 0 Å². The SMILES string of the molecule is O=C(O)CCC/C=C\C[C@H]1CCCC1/C=C/CCCC=Cc1ccccc1. The molecule has 0 aromatic heterocycles. The van der Waals surface area contributed by atoms with E-state index in [1.807, 2.05) is 6.07 Å². The summed E-state index contributed by atoms with van der Waals surface area (Å²) in [5.74, 6) is 0.809. The Morgan fingerprint density at radius 3 is 2.56 bits per heavy atom. The van der Waals surface area contributed by atoms with Crippen LogP contribution in [-0.2, 0) is 4.79 Å². The molecule has 1 aliphatic rings. The van der Waals surface area contributed by atoms with Crippen LogP contribution in [0, 0.1) is 11.8 Å². The van der Waals surface area contributed by atoms with Crippen LogP contribution in [0.5, 0.6) is 0 Å². The van der Waals surface area contributed by atoms with Crippen molar-refractivity contribution in [2.24, 2.45) is 11.8 Å². The Hall–Kier alpha value is -2.09. The molecule has 0 aliphatic heterocycles. The summed E-state index contributed by atoms with van der Waals surface area (Å²) in [7, 11) is 0. The summed E-state index contributed by atoms with van der Waals surface area (Å²) in [6.45, 7) is 0. The minimum absolute atomic E-state index is 0.277. The highest BCUT2D eigenvalue weighted by Gasteiger charge is 2.23. The third-order valence-electron chi connectivity index (χ3n) is 5.32. The number of aliphatic carboxylic acids is 1. The lowest BCUT2D eigenvalue weighted by Crippen LogP contribution is -2.03. The molecule has 146 valence electrons. The van der Waals surface area contributed by atoms with Gasteiger partial charge in [-0.05, 0) is 68.8 Å². The summed E-state index contributed by atoms with van der Waals surface area (Å²) in [6.07, 6.45) is 24.3. The van der Waals surface area contributed by atoms with E-state index in [4.69, 9.17) is 5.11 Å². The summed E-state index contributed by atoms with van der Waals surface area (Å²) >= 11 is 0. The van der Waals surface area contributed by atoms with Gasteiger partial charge in [0.1, 0.15) is 0 Å². The number of carboxylic acid groups (broad SMARTS) is 1. The highest BCUT2D eigenvalue weighted by molar-refractivity contribution is 5.66. The minimum atomic E-state index is -0.694. The van der Waals surface area contributed by atoms with Gasteiger partial charge in [0.05, 0.1) is 0 Å². The van der Waals surface area contributed by atoms with Crippen molar-refractivity contribution in [2.75, 3.05) is 0 Å². The van der Waals surface area contributed by atoms with E-state index >= 15 is 0 Å². The average Bonchev–Trinajstić information content (AvgIpc) is 3.11. The van der Waals surface area contributed by atoms with Crippen molar-refractivity contribution >= 4 is 12.0 Å². The standard InChI is InChI=1S/C25H34O2/c26-25(27)21-12-5-4-11-18-24-20-13-19-23(24)17-10-3-1-2-7-14-22-15-8-6-9-16-22/h4,6-11,14-17,23-24H,1-3,5,12-13,18-21H2,(H,26,27)/b11-4-,14-7?,17-10+/t23?,24-/m0/s1. The van der Waals surface area contributed by atoms with Gasteiger partial charge in [-0.2, -0.15) is 0 Å². The van der Waals surface area contributed by atoms with Gasteiger partial charge in [0, 0.05) is 6.42 Å². The number of carboxylic acids is 1. The molecule has 1 aromatic carbocycles. The zero-order valence-electron chi connectivity index (χ0n) is 16.4. The Morgan fingerprint density at radius 1 is 0.963 bits per heavy atom. The maximum absolute atomic E-state index is 10.5. The molecule has 0 heterocycles. The number of benzene rings is 1. The Balaban J connectivity index is 1.58. The van der Waals surface area contributed by atoms with Crippen molar-refractivity contribution in [2.45, 2.75) is 64.2 Å². The Labute approximate surface area is 164 Å². The Bertz CT molecular complexity index is 612. The summed E-state index contributed by atoms with van der Waals surface area (Å²) in [6, 6.07) is 10.5. The van der Waals surface area contributed by atoms with Crippen molar-refractivity contribution in [1.29, 1.82) is 0 Å². The largest absolute Gasteiger partial charge is 0.481 e. The average molecular weight is 367 g/mol. The van der Waals surface area contributed by atoms with Gasteiger partial charge in [0.15, 0.2) is 0 Å². The molecule has 0 spiro atoms. The van der Waals surface area contributed by atoms with Gasteiger partial charge in [-0.1, -0.05) is 73.2 Å². The predicted molar refractivity (Wildman–Crippen MR) is 115 cm³/mol. The molecule has 1 saturated carbocycles. The molecule has 1 aromatic rings. The van der Waals surface area contributed by atoms with E-state index in [2.05, 4.69) is 60.7 Å². The van der Waals surface area contributed by atoms with E-state index in [0.717, 1.165) is 43.9 Å². The number of carbonyl (C=O) groups is 1. The van der Waals surface area contributed by atoms with Crippen LogP contribution >= 0.6 is 0 Å². The zero-order chi connectivity index (χ0) is 19.2. The summed E-state index contributed by atoms with van der Waals surface area (Å²) < 4.78 is 0. The molecule has 1 aliphatic carbocycles. The van der Waals surface area contributed by atoms with E-state index in [-0.39, 0.29) is 6.42 Å². The van der Waals surface area contributed by atoms with Crippen LogP contribution in [0.3, 0.4) is 0 Å². The van der Waals surface area contributed by atoms with Crippen LogP contribution in [0.15, 0.2) is 60.7 Å². The monoisotopic (exact) mass is 366 g/mol.